The van der Waals surface area contributed by atoms with Crippen LogP contribution >= 0.6 is 27.5 Å². The maximum atomic E-state index is 6.12. The number of nitrogens with zero attached hydrogens (tertiary/aromatic N) is 1. The summed E-state index contributed by atoms with van der Waals surface area (Å²) >= 11 is 9.71. The first-order chi connectivity index (χ1) is 9.75. The first-order valence-corrected chi connectivity index (χ1v) is 7.42. The van der Waals surface area contributed by atoms with Gasteiger partial charge < -0.3 is 5.32 Å². The monoisotopic (exact) mass is 346 g/mol. The number of hydrogen-bond acceptors (Lipinski definition) is 2. The van der Waals surface area contributed by atoms with Crippen LogP contribution < -0.4 is 5.32 Å². The molecule has 0 aliphatic rings. The Labute approximate surface area is 130 Å². The summed E-state index contributed by atoms with van der Waals surface area (Å²) < 4.78 is 1.10. The molecule has 2 aromatic carbocycles. The van der Waals surface area contributed by atoms with E-state index in [0.717, 1.165) is 15.7 Å². The van der Waals surface area contributed by atoms with Crippen LogP contribution in [0.2, 0.25) is 5.02 Å². The first-order valence-electron chi connectivity index (χ1n) is 6.25. The molecule has 2 nitrogen and oxygen atoms in total. The Hall–Kier alpha value is -1.58. The standard InChI is InChI=1S/C16H12BrClN2/c17-14-5-6-16(13-4-2-1-3-12(13)14)20-9-11-7-8-19-10-15(11)18/h1-8,10,20H,9H2. The summed E-state index contributed by atoms with van der Waals surface area (Å²) in [7, 11) is 0. The van der Waals surface area contributed by atoms with Crippen LogP contribution in [-0.2, 0) is 6.54 Å². The van der Waals surface area contributed by atoms with E-state index in [1.807, 2.05) is 18.2 Å². The maximum Gasteiger partial charge on any atom is 0.0639 e. The highest BCUT2D eigenvalue weighted by Crippen LogP contribution is 2.30. The van der Waals surface area contributed by atoms with Gasteiger partial charge in [-0.3, -0.25) is 4.98 Å². The lowest BCUT2D eigenvalue weighted by atomic mass is 10.1. The van der Waals surface area contributed by atoms with E-state index < -0.39 is 0 Å². The number of nitrogens with one attached hydrogen (secondary N) is 1. The molecule has 0 saturated carbocycles. The summed E-state index contributed by atoms with van der Waals surface area (Å²) in [5.74, 6) is 0. The molecular formula is C16H12BrClN2. The molecule has 0 atom stereocenters. The second-order valence-electron chi connectivity index (χ2n) is 4.46. The van der Waals surface area contributed by atoms with Gasteiger partial charge in [-0.25, -0.2) is 0 Å². The number of aromatic nitrogens is 1. The van der Waals surface area contributed by atoms with Crippen LogP contribution in [0.4, 0.5) is 5.69 Å². The Morgan fingerprint density at radius 3 is 2.65 bits per heavy atom. The van der Waals surface area contributed by atoms with Crippen molar-refractivity contribution in [2.24, 2.45) is 0 Å². The smallest absolute Gasteiger partial charge is 0.0639 e. The first kappa shape index (κ1) is 13.4. The Bertz CT molecular complexity index is 758. The molecule has 0 saturated heterocycles. The molecule has 0 aliphatic heterocycles. The number of benzene rings is 2. The molecule has 3 aromatic rings. The van der Waals surface area contributed by atoms with Gasteiger partial charge in [0.05, 0.1) is 5.02 Å². The molecule has 1 aromatic heterocycles. The van der Waals surface area contributed by atoms with Gasteiger partial charge in [0.1, 0.15) is 0 Å². The minimum Gasteiger partial charge on any atom is -0.380 e. The molecule has 1 N–H and O–H groups in total. The molecule has 0 amide bonds. The molecule has 0 unspecified atom stereocenters. The summed E-state index contributed by atoms with van der Waals surface area (Å²) in [4.78, 5) is 4.00. The van der Waals surface area contributed by atoms with Gasteiger partial charge in [0, 0.05) is 34.5 Å². The molecule has 0 aliphatic carbocycles. The predicted octanol–water partition coefficient (Wildman–Crippen LogP) is 5.26. The highest BCUT2D eigenvalue weighted by Gasteiger charge is 2.05. The average Bonchev–Trinajstić information content (AvgIpc) is 2.48. The molecule has 0 radical (unpaired) electrons. The molecule has 4 heteroatoms. The van der Waals surface area contributed by atoms with E-state index in [-0.39, 0.29) is 0 Å². The Morgan fingerprint density at radius 2 is 1.85 bits per heavy atom. The third-order valence-corrected chi connectivity index (χ3v) is 4.23. The van der Waals surface area contributed by atoms with E-state index in [4.69, 9.17) is 11.6 Å². The fourth-order valence-electron chi connectivity index (χ4n) is 2.15. The van der Waals surface area contributed by atoms with Gasteiger partial charge in [-0.15, -0.1) is 0 Å². The fourth-order valence-corrected chi connectivity index (χ4v) is 2.82. The van der Waals surface area contributed by atoms with E-state index in [1.165, 1.54) is 10.8 Å². The van der Waals surface area contributed by atoms with Crippen molar-refractivity contribution in [3.8, 4) is 0 Å². The number of pyridine rings is 1. The van der Waals surface area contributed by atoms with Crippen LogP contribution in [0, 0.1) is 0 Å². The van der Waals surface area contributed by atoms with Crippen molar-refractivity contribution < 1.29 is 0 Å². The normalized spacial score (nSPS) is 10.7. The zero-order valence-electron chi connectivity index (χ0n) is 10.6. The molecular weight excluding hydrogens is 336 g/mol. The van der Waals surface area contributed by atoms with Crippen molar-refractivity contribution in [1.29, 1.82) is 0 Å². The van der Waals surface area contributed by atoms with Gasteiger partial charge >= 0.3 is 0 Å². The SMILES string of the molecule is Clc1cnccc1CNc1ccc(Br)c2ccccc12. The second-order valence-corrected chi connectivity index (χ2v) is 5.72. The molecule has 100 valence electrons. The quantitative estimate of drug-likeness (QED) is 0.699. The van der Waals surface area contributed by atoms with Crippen LogP contribution in [0.15, 0.2) is 59.3 Å². The van der Waals surface area contributed by atoms with Gasteiger partial charge in [-0.05, 0) is 29.1 Å². The van der Waals surface area contributed by atoms with Gasteiger partial charge in [-0.1, -0.05) is 51.8 Å². The Morgan fingerprint density at radius 1 is 1.05 bits per heavy atom. The van der Waals surface area contributed by atoms with Crippen LogP contribution in [0.3, 0.4) is 0 Å². The van der Waals surface area contributed by atoms with E-state index in [1.54, 1.807) is 12.4 Å². The average molecular weight is 348 g/mol. The Balaban J connectivity index is 1.92. The van der Waals surface area contributed by atoms with E-state index >= 15 is 0 Å². The summed E-state index contributed by atoms with van der Waals surface area (Å²) in [6, 6.07) is 14.3. The fraction of sp³-hybridized carbons (Fsp3) is 0.0625. The van der Waals surface area contributed by atoms with Gasteiger partial charge in [-0.2, -0.15) is 0 Å². The van der Waals surface area contributed by atoms with Gasteiger partial charge in [0.15, 0.2) is 0 Å². The number of fused-ring (bicyclic) bond motifs is 1. The number of anilines is 1. The van der Waals surface area contributed by atoms with Gasteiger partial charge in [0.2, 0.25) is 0 Å². The molecule has 3 rings (SSSR count). The third-order valence-electron chi connectivity index (χ3n) is 3.20. The number of halogens is 2. The van der Waals surface area contributed by atoms with Crippen molar-refractivity contribution in [1.82, 2.24) is 4.98 Å². The van der Waals surface area contributed by atoms with Crippen LogP contribution in [0.1, 0.15) is 5.56 Å². The second kappa shape index (κ2) is 5.81. The molecule has 1 heterocycles. The minimum atomic E-state index is 0.674. The predicted molar refractivity (Wildman–Crippen MR) is 88.2 cm³/mol. The Kier molecular flexibility index (Phi) is 3.90. The minimum absolute atomic E-state index is 0.674. The number of hydrogen-bond donors (Lipinski definition) is 1. The van der Waals surface area contributed by atoms with E-state index in [2.05, 4.69) is 50.5 Å². The largest absolute Gasteiger partial charge is 0.380 e. The highest BCUT2D eigenvalue weighted by atomic mass is 79.9. The molecule has 0 spiro atoms. The lowest BCUT2D eigenvalue weighted by molar-refractivity contribution is 1.13. The third kappa shape index (κ3) is 2.65. The van der Waals surface area contributed by atoms with Gasteiger partial charge in [0.25, 0.3) is 0 Å². The zero-order chi connectivity index (χ0) is 13.9. The summed E-state index contributed by atoms with van der Waals surface area (Å²) in [6.45, 7) is 0.674. The van der Waals surface area contributed by atoms with Crippen LogP contribution in [-0.4, -0.2) is 4.98 Å². The zero-order valence-corrected chi connectivity index (χ0v) is 12.9. The molecule has 0 bridgehead atoms. The van der Waals surface area contributed by atoms with E-state index in [0.29, 0.717) is 11.6 Å². The topological polar surface area (TPSA) is 24.9 Å². The van der Waals surface area contributed by atoms with Crippen molar-refractivity contribution in [2.75, 3.05) is 5.32 Å². The summed E-state index contributed by atoms with van der Waals surface area (Å²) in [5, 5.41) is 6.50. The lowest BCUT2D eigenvalue weighted by Crippen LogP contribution is -2.01. The molecule has 0 fully saturated rings. The lowest BCUT2D eigenvalue weighted by Gasteiger charge is -2.11. The number of rotatable bonds is 3. The van der Waals surface area contributed by atoms with Crippen molar-refractivity contribution in [3.63, 3.8) is 0 Å². The summed E-state index contributed by atoms with van der Waals surface area (Å²) in [6.07, 6.45) is 3.42. The van der Waals surface area contributed by atoms with Crippen molar-refractivity contribution >= 4 is 44.0 Å². The maximum absolute atomic E-state index is 6.12. The van der Waals surface area contributed by atoms with Crippen molar-refractivity contribution in [2.45, 2.75) is 6.54 Å². The molecule has 20 heavy (non-hydrogen) atoms. The van der Waals surface area contributed by atoms with Crippen LogP contribution in [0.5, 0.6) is 0 Å². The van der Waals surface area contributed by atoms with Crippen LogP contribution in [0.25, 0.3) is 10.8 Å². The highest BCUT2D eigenvalue weighted by molar-refractivity contribution is 9.10. The van der Waals surface area contributed by atoms with Crippen molar-refractivity contribution in [3.05, 3.63) is 69.9 Å². The summed E-state index contributed by atoms with van der Waals surface area (Å²) in [5.41, 5.74) is 2.13. The van der Waals surface area contributed by atoms with E-state index in [9.17, 15) is 0 Å².